The van der Waals surface area contributed by atoms with Crippen LogP contribution in [0.3, 0.4) is 0 Å². The molecule has 1 saturated heterocycles. The van der Waals surface area contributed by atoms with E-state index in [1.807, 2.05) is 35.4 Å². The number of amides is 2. The molecule has 0 bridgehead atoms. The van der Waals surface area contributed by atoms with Crippen molar-refractivity contribution in [1.82, 2.24) is 25.8 Å². The number of aliphatic imine (C=N–C) groups is 2. The maximum atomic E-state index is 13.1. The monoisotopic (exact) mass is 525 g/mol. The zero-order valence-electron chi connectivity index (χ0n) is 19.5. The zero-order valence-corrected chi connectivity index (χ0v) is 20.2. The van der Waals surface area contributed by atoms with E-state index in [0.717, 1.165) is 10.9 Å². The number of aromatic nitrogens is 1. The molecule has 0 saturated carbocycles. The highest BCUT2D eigenvalue weighted by Crippen LogP contribution is 2.27. The number of benzene rings is 1. The summed E-state index contributed by atoms with van der Waals surface area (Å²) in [6, 6.07) is 7.58. The molecule has 0 radical (unpaired) electrons. The Morgan fingerprint density at radius 3 is 2.76 bits per heavy atom. The number of H-pyrrole nitrogens is 1. The smallest absolute Gasteiger partial charge is 0.276 e. The fraction of sp³-hybridized carbons (Fsp3) is 0.333. The van der Waals surface area contributed by atoms with Crippen molar-refractivity contribution < 1.29 is 9.59 Å². The van der Waals surface area contributed by atoms with E-state index in [1.165, 1.54) is 0 Å². The topological polar surface area (TPSA) is 215 Å². The molecule has 3 aliphatic rings. The fourth-order valence-electron chi connectivity index (χ4n) is 4.52. The summed E-state index contributed by atoms with van der Waals surface area (Å²) in [6.07, 6.45) is 2.14. The van der Waals surface area contributed by atoms with Gasteiger partial charge in [-0.3, -0.25) is 19.9 Å². The summed E-state index contributed by atoms with van der Waals surface area (Å²) < 4.78 is 0. The minimum Gasteiger partial charge on any atom is -0.361 e. The molecule has 4 heterocycles. The molecule has 2 aromatic rings. The van der Waals surface area contributed by atoms with Crippen molar-refractivity contribution in [2.45, 2.75) is 24.5 Å². The van der Waals surface area contributed by atoms with Crippen molar-refractivity contribution in [3.63, 3.8) is 0 Å². The van der Waals surface area contributed by atoms with Gasteiger partial charge in [0.25, 0.3) is 11.8 Å². The maximum Gasteiger partial charge on any atom is 0.276 e. The van der Waals surface area contributed by atoms with Gasteiger partial charge in [0.2, 0.25) is 0 Å². The number of hydrogen-bond acceptors (Lipinski definition) is 10. The van der Waals surface area contributed by atoms with Gasteiger partial charge in [-0.05, 0) is 37.1 Å². The van der Waals surface area contributed by atoms with Gasteiger partial charge in [0.15, 0.2) is 28.8 Å². The lowest BCUT2D eigenvalue weighted by molar-refractivity contribution is -0.113. The second-order valence-corrected chi connectivity index (χ2v) is 9.08. The third kappa shape index (κ3) is 4.80. The first-order valence-corrected chi connectivity index (χ1v) is 11.8. The first-order chi connectivity index (χ1) is 17.9. The molecule has 3 aliphatic heterocycles. The van der Waals surface area contributed by atoms with Crippen molar-refractivity contribution in [2.75, 3.05) is 19.6 Å². The van der Waals surface area contributed by atoms with Crippen molar-refractivity contribution in [3.8, 4) is 0 Å². The lowest BCUT2D eigenvalue weighted by Gasteiger charge is -2.39. The van der Waals surface area contributed by atoms with Gasteiger partial charge in [0.1, 0.15) is 0 Å². The Kier molecular flexibility index (Phi) is 6.43. The molecule has 1 aromatic heterocycles. The molecular formula is C21H24ClN13O2. The van der Waals surface area contributed by atoms with Crippen LogP contribution in [-0.2, 0) is 4.79 Å². The number of carbonyl (C=O) groups is 2. The number of nitrogens with zero attached hydrogens (tertiary/aromatic N) is 7. The third-order valence-electron chi connectivity index (χ3n) is 6.48. The first kappa shape index (κ1) is 24.2. The highest BCUT2D eigenvalue weighted by Gasteiger charge is 2.41. The van der Waals surface area contributed by atoms with Crippen LogP contribution in [0.25, 0.3) is 10.9 Å². The highest BCUT2D eigenvalue weighted by molar-refractivity contribution is 6.45. The zero-order chi connectivity index (χ0) is 26.0. The van der Waals surface area contributed by atoms with Crippen molar-refractivity contribution in [3.05, 3.63) is 47.0 Å². The summed E-state index contributed by atoms with van der Waals surface area (Å²) in [6.45, 7) is 1.57. The molecule has 16 heteroatoms. The summed E-state index contributed by atoms with van der Waals surface area (Å²) in [7, 11) is 0. The van der Waals surface area contributed by atoms with E-state index in [4.69, 9.17) is 23.3 Å². The number of guanidine groups is 1. The third-order valence-corrected chi connectivity index (χ3v) is 6.75. The number of nitrogens with two attached hydrogens (primary N) is 2. The second kappa shape index (κ2) is 9.85. The Morgan fingerprint density at radius 2 is 2.00 bits per heavy atom. The molecule has 8 N–H and O–H groups in total. The lowest BCUT2D eigenvalue weighted by atomic mass is 9.88. The molecule has 0 aliphatic carbocycles. The quantitative estimate of drug-likeness (QED) is 0.145. The van der Waals surface area contributed by atoms with Crippen LogP contribution in [-0.4, -0.2) is 64.7 Å². The summed E-state index contributed by atoms with van der Waals surface area (Å²) in [5, 5.41) is 23.3. The van der Waals surface area contributed by atoms with Crippen LogP contribution in [0, 0.1) is 0 Å². The van der Waals surface area contributed by atoms with Gasteiger partial charge in [0.05, 0.1) is 12.1 Å². The number of hydrogen-bond donors (Lipinski definition) is 6. The number of aromatic amines is 1. The van der Waals surface area contributed by atoms with Gasteiger partial charge in [-0.25, -0.2) is 4.99 Å². The Morgan fingerprint density at radius 1 is 1.19 bits per heavy atom. The Labute approximate surface area is 215 Å². The van der Waals surface area contributed by atoms with Gasteiger partial charge >= 0.3 is 0 Å². The summed E-state index contributed by atoms with van der Waals surface area (Å²) in [4.78, 5) is 39.5. The van der Waals surface area contributed by atoms with Crippen LogP contribution in [0.5, 0.6) is 0 Å². The predicted octanol–water partition coefficient (Wildman–Crippen LogP) is 0.606. The molecule has 5 rings (SSSR count). The molecule has 2 amide bonds. The molecule has 192 valence electrons. The molecule has 1 fully saturated rings. The summed E-state index contributed by atoms with van der Waals surface area (Å²) in [5.41, 5.74) is 1.18. The summed E-state index contributed by atoms with van der Waals surface area (Å²) in [5.74, 6) is 9.91. The van der Waals surface area contributed by atoms with Crippen molar-refractivity contribution in [1.29, 1.82) is 0 Å². The van der Waals surface area contributed by atoms with E-state index < -0.39 is 12.1 Å². The van der Waals surface area contributed by atoms with E-state index >= 15 is 0 Å². The second-order valence-electron chi connectivity index (χ2n) is 8.73. The molecule has 1 spiro atoms. The average Bonchev–Trinajstić information content (AvgIpc) is 3.52. The first-order valence-electron chi connectivity index (χ1n) is 11.4. The van der Waals surface area contributed by atoms with Gasteiger partial charge in [0, 0.05) is 35.8 Å². The Balaban J connectivity index is 1.20. The van der Waals surface area contributed by atoms with E-state index in [-0.39, 0.29) is 28.1 Å². The standard InChI is InChI=1S/C21H24ClN13O2/c22-15-17(32-34-24)28-16(31-33-23)14(27-15)18(36)29-20-26-10-21(30-20)4-7-35(8-5-21)19(37)12-1-2-13-11(9-12)3-6-25-13/h1-3,6,9,16,25,28H,4-5,7-8,10H2,(H2,23,31)(H2,24,32)(H2,26,29,30,36). The number of piperidine rings is 1. The number of likely N-dealkylation sites (tertiary alicyclic amines) is 1. The van der Waals surface area contributed by atoms with Gasteiger partial charge < -0.3 is 32.2 Å². The summed E-state index contributed by atoms with van der Waals surface area (Å²) >= 11 is 6.06. The fourth-order valence-corrected chi connectivity index (χ4v) is 4.71. The van der Waals surface area contributed by atoms with Crippen molar-refractivity contribution >= 4 is 46.0 Å². The van der Waals surface area contributed by atoms with Gasteiger partial charge in [-0.1, -0.05) is 22.0 Å². The molecule has 15 nitrogen and oxygen atoms in total. The maximum absolute atomic E-state index is 13.1. The average molecular weight is 526 g/mol. The Hall–Kier alpha value is -4.53. The highest BCUT2D eigenvalue weighted by atomic mass is 35.5. The number of fused-ring (bicyclic) bond motifs is 1. The van der Waals surface area contributed by atoms with Crippen LogP contribution < -0.4 is 27.6 Å². The minimum atomic E-state index is -1.05. The van der Waals surface area contributed by atoms with Crippen LogP contribution >= 0.6 is 11.6 Å². The van der Waals surface area contributed by atoms with Gasteiger partial charge in [-0.15, -0.1) is 10.2 Å². The minimum absolute atomic E-state index is 0.00761. The van der Waals surface area contributed by atoms with Crippen LogP contribution in [0.2, 0.25) is 0 Å². The number of rotatable bonds is 4. The Bertz CT molecular complexity index is 1380. The van der Waals surface area contributed by atoms with Gasteiger partial charge in [-0.2, -0.15) is 0 Å². The number of nitrogens with one attached hydrogen (secondary N) is 4. The number of halogens is 1. The van der Waals surface area contributed by atoms with E-state index in [9.17, 15) is 9.59 Å². The van der Waals surface area contributed by atoms with E-state index in [1.54, 1.807) is 0 Å². The number of carbonyl (C=O) groups excluding carboxylic acids is 2. The predicted molar refractivity (Wildman–Crippen MR) is 135 cm³/mol. The van der Waals surface area contributed by atoms with Crippen LogP contribution in [0.1, 0.15) is 23.2 Å². The normalized spacial score (nSPS) is 21.3. The molecule has 37 heavy (non-hydrogen) atoms. The van der Waals surface area contributed by atoms with E-state index in [0.29, 0.717) is 44.0 Å². The SMILES string of the molecule is NN=NC1=C(Cl)N=C(C(=O)NC2=NCC3(CCN(C(=O)c4ccc5[nH]ccc5c4)CC3)N2)C(N=NN)N1. The molecule has 1 atom stereocenters. The molecular weight excluding hydrogens is 502 g/mol. The largest absolute Gasteiger partial charge is 0.361 e. The van der Waals surface area contributed by atoms with Crippen LogP contribution in [0.15, 0.2) is 72.1 Å². The molecule has 1 aromatic carbocycles. The molecule has 1 unspecified atom stereocenters. The van der Waals surface area contributed by atoms with E-state index in [2.05, 4.69) is 51.6 Å². The van der Waals surface area contributed by atoms with Crippen LogP contribution in [0.4, 0.5) is 0 Å². The van der Waals surface area contributed by atoms with Crippen molar-refractivity contribution in [2.24, 2.45) is 42.3 Å². The lowest BCUT2D eigenvalue weighted by Crippen LogP contribution is -2.58.